The second-order valence-corrected chi connectivity index (χ2v) is 9.71. The number of fused-ring (bicyclic) bond motifs is 1. The summed E-state index contributed by atoms with van der Waals surface area (Å²) in [5.41, 5.74) is 4.54. The van der Waals surface area contributed by atoms with E-state index >= 15 is 0 Å². The Kier molecular flexibility index (Phi) is 8.79. The van der Waals surface area contributed by atoms with Gasteiger partial charge in [-0.25, -0.2) is 0 Å². The lowest BCUT2D eigenvalue weighted by Crippen LogP contribution is -2.17. The summed E-state index contributed by atoms with van der Waals surface area (Å²) in [5.74, 6) is 2.43. The maximum Gasteiger partial charge on any atom is -0.0149 e. The molecule has 0 aromatic heterocycles. The highest BCUT2D eigenvalue weighted by Gasteiger charge is 2.22. The normalized spacial score (nSPS) is 20.6. The van der Waals surface area contributed by atoms with Gasteiger partial charge in [0.1, 0.15) is 0 Å². The summed E-state index contributed by atoms with van der Waals surface area (Å²) in [6, 6.07) is 13.7. The van der Waals surface area contributed by atoms with E-state index in [9.17, 15) is 0 Å². The molecule has 0 saturated heterocycles. The molecule has 2 aromatic rings. The molecule has 0 heteroatoms. The molecule has 0 bridgehead atoms. The summed E-state index contributed by atoms with van der Waals surface area (Å²) >= 11 is 0. The van der Waals surface area contributed by atoms with Gasteiger partial charge in [-0.3, -0.25) is 0 Å². The van der Waals surface area contributed by atoms with E-state index in [2.05, 4.69) is 75.9 Å². The van der Waals surface area contributed by atoms with Crippen molar-refractivity contribution in [1.82, 2.24) is 0 Å². The molecule has 1 atom stereocenters. The number of aryl methyl sites for hydroxylation is 1. The molecule has 0 N–H and O–H groups in total. The first-order valence-electron chi connectivity index (χ1n) is 12.5. The Hall–Kier alpha value is -1.82. The van der Waals surface area contributed by atoms with E-state index in [-0.39, 0.29) is 0 Å². The largest absolute Gasteiger partial charge is 0.0958 e. The first-order valence-corrected chi connectivity index (χ1v) is 12.5. The van der Waals surface area contributed by atoms with Crippen molar-refractivity contribution in [2.24, 2.45) is 17.8 Å². The van der Waals surface area contributed by atoms with Gasteiger partial charge in [0.05, 0.1) is 0 Å². The molecule has 162 valence electrons. The van der Waals surface area contributed by atoms with Crippen molar-refractivity contribution in [2.45, 2.75) is 85.0 Å². The minimum absolute atomic E-state index is 0.670. The van der Waals surface area contributed by atoms with Crippen LogP contribution in [0.2, 0.25) is 0 Å². The van der Waals surface area contributed by atoms with Crippen LogP contribution in [0.15, 0.2) is 60.7 Å². The second kappa shape index (κ2) is 11.5. The molecule has 30 heavy (non-hydrogen) atoms. The Morgan fingerprint density at radius 2 is 1.77 bits per heavy atom. The molecular weight excluding hydrogens is 360 g/mol. The predicted molar refractivity (Wildman–Crippen MR) is 134 cm³/mol. The van der Waals surface area contributed by atoms with Crippen LogP contribution in [0.25, 0.3) is 10.8 Å². The van der Waals surface area contributed by atoms with Crippen molar-refractivity contribution in [3.05, 3.63) is 71.8 Å². The van der Waals surface area contributed by atoms with Crippen LogP contribution in [0.5, 0.6) is 0 Å². The van der Waals surface area contributed by atoms with Gasteiger partial charge < -0.3 is 0 Å². The lowest BCUT2D eigenvalue weighted by atomic mass is 9.76. The highest BCUT2D eigenvalue weighted by Crippen LogP contribution is 2.36. The van der Waals surface area contributed by atoms with Crippen molar-refractivity contribution in [3.63, 3.8) is 0 Å². The van der Waals surface area contributed by atoms with Gasteiger partial charge in [0.25, 0.3) is 0 Å². The van der Waals surface area contributed by atoms with E-state index in [1.54, 1.807) is 11.1 Å². The minimum atomic E-state index is 0.670. The van der Waals surface area contributed by atoms with Crippen molar-refractivity contribution in [3.8, 4) is 0 Å². The van der Waals surface area contributed by atoms with Crippen molar-refractivity contribution in [2.75, 3.05) is 0 Å². The molecule has 0 amide bonds. The lowest BCUT2D eigenvalue weighted by molar-refractivity contribution is 0.263. The smallest absolute Gasteiger partial charge is 0.0149 e. The molecule has 0 radical (unpaired) electrons. The summed E-state index contributed by atoms with van der Waals surface area (Å²) in [4.78, 5) is 0. The van der Waals surface area contributed by atoms with Crippen molar-refractivity contribution < 1.29 is 0 Å². The van der Waals surface area contributed by atoms with E-state index in [4.69, 9.17) is 0 Å². The van der Waals surface area contributed by atoms with E-state index in [1.807, 2.05) is 0 Å². The topological polar surface area (TPSA) is 0 Å². The SMILES string of the molecule is C=C(C=CC(C)CC)CCC1CCC(Cc2c(CCC)ccc3ccccc23)CC1. The molecular formula is C30H42. The maximum atomic E-state index is 4.29. The van der Waals surface area contributed by atoms with Gasteiger partial charge in [-0.1, -0.05) is 107 Å². The Balaban J connectivity index is 1.54. The van der Waals surface area contributed by atoms with Gasteiger partial charge in [0.2, 0.25) is 0 Å². The van der Waals surface area contributed by atoms with Gasteiger partial charge in [-0.2, -0.15) is 0 Å². The van der Waals surface area contributed by atoms with Crippen LogP contribution in [0.3, 0.4) is 0 Å². The van der Waals surface area contributed by atoms with Crippen LogP contribution < -0.4 is 0 Å². The zero-order chi connectivity index (χ0) is 21.3. The Morgan fingerprint density at radius 3 is 2.50 bits per heavy atom. The van der Waals surface area contributed by atoms with Crippen LogP contribution in [-0.2, 0) is 12.8 Å². The van der Waals surface area contributed by atoms with Crippen molar-refractivity contribution >= 4 is 10.8 Å². The summed E-state index contributed by atoms with van der Waals surface area (Å²) in [6.45, 7) is 11.1. The molecule has 0 spiro atoms. The molecule has 0 heterocycles. The standard InChI is InChI=1S/C30H42/c1-5-9-27-20-21-28-10-7-8-11-29(28)30(27)22-26-18-16-25(17-19-26)15-14-24(4)13-12-23(3)6-2/h7-8,10-13,20-21,23,25-26H,4-6,9,14-19,22H2,1-3H3. The molecule has 1 aliphatic rings. The molecule has 1 aliphatic carbocycles. The quantitative estimate of drug-likeness (QED) is 0.348. The van der Waals surface area contributed by atoms with Crippen LogP contribution >= 0.6 is 0 Å². The fourth-order valence-corrected chi connectivity index (χ4v) is 5.05. The number of allylic oxidation sites excluding steroid dienone is 3. The third-order valence-corrected chi connectivity index (χ3v) is 7.29. The van der Waals surface area contributed by atoms with Gasteiger partial charge >= 0.3 is 0 Å². The van der Waals surface area contributed by atoms with E-state index < -0.39 is 0 Å². The molecule has 0 aliphatic heterocycles. The zero-order valence-electron chi connectivity index (χ0n) is 19.6. The fourth-order valence-electron chi connectivity index (χ4n) is 5.05. The summed E-state index contributed by atoms with van der Waals surface area (Å²) < 4.78 is 0. The van der Waals surface area contributed by atoms with Crippen LogP contribution in [0.4, 0.5) is 0 Å². The number of rotatable bonds is 10. The van der Waals surface area contributed by atoms with Gasteiger partial charge in [-0.15, -0.1) is 0 Å². The third kappa shape index (κ3) is 6.34. The molecule has 2 aromatic carbocycles. The van der Waals surface area contributed by atoms with Crippen LogP contribution in [0.1, 0.15) is 83.3 Å². The number of benzene rings is 2. The fraction of sp³-hybridized carbons (Fsp3) is 0.533. The summed E-state index contributed by atoms with van der Waals surface area (Å²) in [7, 11) is 0. The molecule has 3 rings (SSSR count). The zero-order valence-corrected chi connectivity index (χ0v) is 19.6. The second-order valence-electron chi connectivity index (χ2n) is 9.71. The molecule has 1 saturated carbocycles. The third-order valence-electron chi connectivity index (χ3n) is 7.29. The summed E-state index contributed by atoms with van der Waals surface area (Å²) in [5, 5.41) is 2.90. The lowest BCUT2D eigenvalue weighted by Gasteiger charge is -2.29. The van der Waals surface area contributed by atoms with Gasteiger partial charge in [0.15, 0.2) is 0 Å². The predicted octanol–water partition coefficient (Wildman–Crippen LogP) is 9.08. The molecule has 1 unspecified atom stereocenters. The summed E-state index contributed by atoms with van der Waals surface area (Å²) in [6.07, 6.45) is 17.6. The highest BCUT2D eigenvalue weighted by molar-refractivity contribution is 5.86. The number of hydrogen-bond donors (Lipinski definition) is 0. The average molecular weight is 403 g/mol. The van der Waals surface area contributed by atoms with E-state index in [0.717, 1.165) is 11.8 Å². The highest BCUT2D eigenvalue weighted by atomic mass is 14.3. The molecule has 0 nitrogen and oxygen atoms in total. The van der Waals surface area contributed by atoms with Crippen molar-refractivity contribution in [1.29, 1.82) is 0 Å². The molecule has 1 fully saturated rings. The Morgan fingerprint density at radius 1 is 1.03 bits per heavy atom. The number of hydrogen-bond acceptors (Lipinski definition) is 0. The monoisotopic (exact) mass is 402 g/mol. The maximum absolute atomic E-state index is 4.29. The van der Waals surface area contributed by atoms with E-state index in [0.29, 0.717) is 5.92 Å². The Bertz CT molecular complexity index is 832. The first kappa shape index (κ1) is 22.9. The van der Waals surface area contributed by atoms with Crippen LogP contribution in [0, 0.1) is 17.8 Å². The van der Waals surface area contributed by atoms with Gasteiger partial charge in [0, 0.05) is 0 Å². The average Bonchev–Trinajstić information content (AvgIpc) is 2.78. The van der Waals surface area contributed by atoms with Crippen LogP contribution in [-0.4, -0.2) is 0 Å². The Labute approximate surface area is 185 Å². The van der Waals surface area contributed by atoms with E-state index in [1.165, 1.54) is 80.6 Å². The first-order chi connectivity index (χ1) is 14.6. The van der Waals surface area contributed by atoms with Gasteiger partial charge in [-0.05, 0) is 78.2 Å². The minimum Gasteiger partial charge on any atom is -0.0958 e.